The first-order chi connectivity index (χ1) is 11.9. The molecular formula is C17H12FN3O3S. The summed E-state index contributed by atoms with van der Waals surface area (Å²) in [6, 6.07) is 11.6. The minimum atomic E-state index is -0.479. The molecule has 1 amide bonds. The molecule has 1 heterocycles. The molecule has 0 atom stereocenters. The van der Waals surface area contributed by atoms with Crippen molar-refractivity contribution < 1.29 is 14.1 Å². The summed E-state index contributed by atoms with van der Waals surface area (Å²) in [5.41, 5.74) is 1.21. The standard InChI is InChI=1S/C17H12FN3O3S/c1-20-16(22)15(10-11-2-8-14(9-3-11)21(23)24)25-17(20)19-13-6-4-12(18)5-7-13/h2-10H,1H3/b15-10+,19-17?. The van der Waals surface area contributed by atoms with Crippen LogP contribution in [0, 0.1) is 15.9 Å². The average molecular weight is 357 g/mol. The van der Waals surface area contributed by atoms with Gasteiger partial charge in [-0.2, -0.15) is 0 Å². The highest BCUT2D eigenvalue weighted by atomic mass is 32.2. The molecule has 2 aromatic carbocycles. The Labute approximate surface area is 146 Å². The van der Waals surface area contributed by atoms with E-state index in [1.54, 1.807) is 25.3 Å². The molecule has 1 saturated heterocycles. The van der Waals surface area contributed by atoms with Crippen molar-refractivity contribution in [1.29, 1.82) is 0 Å². The second kappa shape index (κ2) is 6.86. The molecule has 1 aliphatic rings. The Bertz CT molecular complexity index is 892. The number of hydrogen-bond donors (Lipinski definition) is 0. The van der Waals surface area contributed by atoms with Crippen LogP contribution in [0.5, 0.6) is 0 Å². The van der Waals surface area contributed by atoms with Crippen LogP contribution in [-0.4, -0.2) is 27.9 Å². The van der Waals surface area contributed by atoms with Crippen LogP contribution in [0.3, 0.4) is 0 Å². The summed E-state index contributed by atoms with van der Waals surface area (Å²) < 4.78 is 13.0. The zero-order chi connectivity index (χ0) is 18.0. The van der Waals surface area contributed by atoms with Gasteiger partial charge in [-0.3, -0.25) is 19.8 Å². The molecule has 25 heavy (non-hydrogen) atoms. The van der Waals surface area contributed by atoms with Gasteiger partial charge >= 0.3 is 0 Å². The zero-order valence-electron chi connectivity index (χ0n) is 13.0. The molecule has 2 aromatic rings. The van der Waals surface area contributed by atoms with Crippen molar-refractivity contribution >= 4 is 40.3 Å². The molecule has 6 nitrogen and oxygen atoms in total. The first kappa shape index (κ1) is 16.8. The van der Waals surface area contributed by atoms with E-state index in [1.807, 2.05) is 0 Å². The summed E-state index contributed by atoms with van der Waals surface area (Å²) >= 11 is 1.19. The first-order valence-corrected chi connectivity index (χ1v) is 8.02. The van der Waals surface area contributed by atoms with E-state index in [0.717, 1.165) is 0 Å². The van der Waals surface area contributed by atoms with E-state index >= 15 is 0 Å². The summed E-state index contributed by atoms with van der Waals surface area (Å²) in [5.74, 6) is -0.574. The van der Waals surface area contributed by atoms with Crippen LogP contribution >= 0.6 is 11.8 Å². The minimum absolute atomic E-state index is 0.0109. The number of carbonyl (C=O) groups is 1. The normalized spacial score (nSPS) is 17.5. The van der Waals surface area contributed by atoms with E-state index in [-0.39, 0.29) is 17.4 Å². The topological polar surface area (TPSA) is 75.8 Å². The number of nitro benzene ring substituents is 1. The lowest BCUT2D eigenvalue weighted by Gasteiger charge is -2.06. The van der Waals surface area contributed by atoms with Crippen LogP contribution in [0.25, 0.3) is 6.08 Å². The van der Waals surface area contributed by atoms with Gasteiger partial charge in [0.25, 0.3) is 11.6 Å². The van der Waals surface area contributed by atoms with Gasteiger partial charge in [0.1, 0.15) is 5.82 Å². The number of likely N-dealkylation sites (N-methyl/N-ethyl adjacent to an activating group) is 1. The maximum absolute atomic E-state index is 13.0. The number of carbonyl (C=O) groups excluding carboxylic acids is 1. The molecule has 0 radical (unpaired) electrons. The van der Waals surface area contributed by atoms with Crippen LogP contribution in [0.1, 0.15) is 5.56 Å². The molecule has 1 fully saturated rings. The van der Waals surface area contributed by atoms with Crippen molar-refractivity contribution in [3.63, 3.8) is 0 Å². The fourth-order valence-corrected chi connectivity index (χ4v) is 3.11. The number of benzene rings is 2. The van der Waals surface area contributed by atoms with Crippen molar-refractivity contribution in [1.82, 2.24) is 4.90 Å². The monoisotopic (exact) mass is 357 g/mol. The van der Waals surface area contributed by atoms with Crippen LogP contribution in [0.2, 0.25) is 0 Å². The number of nitro groups is 1. The lowest BCUT2D eigenvalue weighted by molar-refractivity contribution is -0.384. The van der Waals surface area contributed by atoms with Gasteiger partial charge in [0, 0.05) is 19.2 Å². The molecule has 0 aromatic heterocycles. The van der Waals surface area contributed by atoms with Crippen LogP contribution in [0.15, 0.2) is 58.4 Å². The summed E-state index contributed by atoms with van der Waals surface area (Å²) in [6.07, 6.45) is 1.65. The van der Waals surface area contributed by atoms with Gasteiger partial charge in [-0.05, 0) is 59.8 Å². The Morgan fingerprint density at radius 2 is 1.80 bits per heavy atom. The zero-order valence-corrected chi connectivity index (χ0v) is 13.9. The van der Waals surface area contributed by atoms with E-state index in [0.29, 0.717) is 21.3 Å². The third-order valence-corrected chi connectivity index (χ3v) is 4.52. The van der Waals surface area contributed by atoms with Crippen molar-refractivity contribution in [3.05, 3.63) is 74.9 Å². The number of hydrogen-bond acceptors (Lipinski definition) is 5. The van der Waals surface area contributed by atoms with Gasteiger partial charge in [0.2, 0.25) is 0 Å². The fraction of sp³-hybridized carbons (Fsp3) is 0.0588. The van der Waals surface area contributed by atoms with Crippen molar-refractivity contribution in [2.75, 3.05) is 7.05 Å². The number of halogens is 1. The van der Waals surface area contributed by atoms with E-state index in [9.17, 15) is 19.3 Å². The Hall–Kier alpha value is -3.00. The second-order valence-electron chi connectivity index (χ2n) is 5.19. The number of amidine groups is 1. The Balaban J connectivity index is 1.85. The van der Waals surface area contributed by atoms with Crippen molar-refractivity contribution in [2.24, 2.45) is 4.99 Å². The van der Waals surface area contributed by atoms with Gasteiger partial charge in [-0.1, -0.05) is 0 Å². The highest BCUT2D eigenvalue weighted by molar-refractivity contribution is 8.18. The summed E-state index contributed by atoms with van der Waals surface area (Å²) in [5, 5.41) is 11.2. The summed E-state index contributed by atoms with van der Waals surface area (Å²) in [7, 11) is 1.61. The molecule has 0 aliphatic carbocycles. The Morgan fingerprint density at radius 3 is 2.40 bits per heavy atom. The molecule has 0 spiro atoms. The van der Waals surface area contributed by atoms with Crippen LogP contribution < -0.4 is 0 Å². The number of non-ortho nitro benzene ring substituents is 1. The molecule has 0 unspecified atom stereocenters. The van der Waals surface area contributed by atoms with Gasteiger partial charge in [-0.25, -0.2) is 9.38 Å². The molecule has 8 heteroatoms. The SMILES string of the molecule is CN1C(=O)/C(=C\c2ccc([N+](=O)[O-])cc2)SC1=Nc1ccc(F)cc1. The van der Waals surface area contributed by atoms with Crippen molar-refractivity contribution in [2.45, 2.75) is 0 Å². The first-order valence-electron chi connectivity index (χ1n) is 7.20. The third kappa shape index (κ3) is 3.74. The number of amides is 1. The lowest BCUT2D eigenvalue weighted by atomic mass is 10.2. The van der Waals surface area contributed by atoms with E-state index in [1.165, 1.54) is 53.1 Å². The Kier molecular flexibility index (Phi) is 4.62. The maximum Gasteiger partial charge on any atom is 0.269 e. The molecule has 0 N–H and O–H groups in total. The van der Waals surface area contributed by atoms with E-state index < -0.39 is 4.92 Å². The van der Waals surface area contributed by atoms with Crippen LogP contribution in [-0.2, 0) is 4.79 Å². The fourth-order valence-electron chi connectivity index (χ4n) is 2.12. The predicted molar refractivity (Wildman–Crippen MR) is 94.9 cm³/mol. The number of aliphatic imine (C=N–C) groups is 1. The number of thioether (sulfide) groups is 1. The van der Waals surface area contributed by atoms with Crippen molar-refractivity contribution in [3.8, 4) is 0 Å². The molecular weight excluding hydrogens is 345 g/mol. The molecule has 3 rings (SSSR count). The number of nitrogens with zero attached hydrogens (tertiary/aromatic N) is 3. The average Bonchev–Trinajstić information content (AvgIpc) is 2.85. The Morgan fingerprint density at radius 1 is 1.16 bits per heavy atom. The quantitative estimate of drug-likeness (QED) is 0.473. The summed E-state index contributed by atoms with van der Waals surface area (Å²) in [4.78, 5) is 28.7. The largest absolute Gasteiger partial charge is 0.290 e. The minimum Gasteiger partial charge on any atom is -0.290 e. The van der Waals surface area contributed by atoms with Crippen LogP contribution in [0.4, 0.5) is 15.8 Å². The maximum atomic E-state index is 13.0. The van der Waals surface area contributed by atoms with E-state index in [2.05, 4.69) is 4.99 Å². The number of rotatable bonds is 3. The van der Waals surface area contributed by atoms with Gasteiger partial charge in [0.15, 0.2) is 5.17 Å². The highest BCUT2D eigenvalue weighted by Gasteiger charge is 2.30. The smallest absolute Gasteiger partial charge is 0.269 e. The van der Waals surface area contributed by atoms with E-state index in [4.69, 9.17) is 0 Å². The van der Waals surface area contributed by atoms with Gasteiger partial charge in [0.05, 0.1) is 15.5 Å². The molecule has 126 valence electrons. The molecule has 0 saturated carbocycles. The predicted octanol–water partition coefficient (Wildman–Crippen LogP) is 3.97. The summed E-state index contributed by atoms with van der Waals surface area (Å²) in [6.45, 7) is 0. The highest BCUT2D eigenvalue weighted by Crippen LogP contribution is 2.33. The molecule has 0 bridgehead atoms. The second-order valence-corrected chi connectivity index (χ2v) is 6.20. The third-order valence-electron chi connectivity index (χ3n) is 3.46. The molecule has 1 aliphatic heterocycles. The lowest BCUT2D eigenvalue weighted by Crippen LogP contribution is -2.23. The van der Waals surface area contributed by atoms with Gasteiger partial charge < -0.3 is 0 Å². The van der Waals surface area contributed by atoms with Gasteiger partial charge in [-0.15, -0.1) is 0 Å².